The molecule has 16 heavy (non-hydrogen) atoms. The zero-order valence-electron chi connectivity index (χ0n) is 9.01. The fraction of sp³-hybridized carbons (Fsp3) is 0.250. The number of para-hydroxylation sites is 1. The van der Waals surface area contributed by atoms with Gasteiger partial charge in [0, 0.05) is 18.2 Å². The van der Waals surface area contributed by atoms with E-state index in [1.165, 1.54) is 0 Å². The van der Waals surface area contributed by atoms with Crippen LogP contribution in [0.2, 0.25) is 0 Å². The third kappa shape index (κ3) is 1.79. The lowest BCUT2D eigenvalue weighted by Crippen LogP contribution is -2.05. The molecule has 0 unspecified atom stereocenters. The van der Waals surface area contributed by atoms with Crippen LogP contribution in [0, 0.1) is 0 Å². The van der Waals surface area contributed by atoms with Gasteiger partial charge in [-0.15, -0.1) is 0 Å². The molecule has 4 nitrogen and oxygen atoms in total. The summed E-state index contributed by atoms with van der Waals surface area (Å²) in [6.07, 6.45) is 1.84. The average molecular weight is 219 g/mol. The van der Waals surface area contributed by atoms with Gasteiger partial charge < -0.3 is 14.4 Å². The normalized spacial score (nSPS) is 10.8. The molecule has 0 bridgehead atoms. The van der Waals surface area contributed by atoms with Crippen LogP contribution in [0.25, 0.3) is 10.9 Å². The highest BCUT2D eigenvalue weighted by atomic mass is 16.5. The van der Waals surface area contributed by atoms with Gasteiger partial charge in [-0.25, -0.2) is 4.79 Å². The van der Waals surface area contributed by atoms with Crippen molar-refractivity contribution < 1.29 is 14.6 Å². The number of fused-ring (bicyclic) bond motifs is 1. The standard InChI is InChI=1S/C12H13NO3/c1-2-16-8-13-7-6-9-4-3-5-10(11(9)13)12(14)15/h3-7H,2,8H2,1H3,(H,14,15). The molecule has 2 aromatic rings. The third-order valence-corrected chi connectivity index (χ3v) is 2.45. The summed E-state index contributed by atoms with van der Waals surface area (Å²) in [5, 5.41) is 10.0. The van der Waals surface area contributed by atoms with Gasteiger partial charge in [0.15, 0.2) is 0 Å². The molecule has 0 aliphatic rings. The first-order chi connectivity index (χ1) is 7.74. The van der Waals surface area contributed by atoms with E-state index in [0.29, 0.717) is 24.4 Å². The van der Waals surface area contributed by atoms with Crippen LogP contribution < -0.4 is 0 Å². The van der Waals surface area contributed by atoms with Crippen LogP contribution in [0.15, 0.2) is 30.5 Å². The quantitative estimate of drug-likeness (QED) is 0.858. The van der Waals surface area contributed by atoms with E-state index in [0.717, 1.165) is 5.39 Å². The van der Waals surface area contributed by atoms with Gasteiger partial charge in [-0.2, -0.15) is 0 Å². The Morgan fingerprint density at radius 1 is 1.44 bits per heavy atom. The van der Waals surface area contributed by atoms with Crippen LogP contribution in [-0.4, -0.2) is 22.2 Å². The van der Waals surface area contributed by atoms with E-state index in [4.69, 9.17) is 9.84 Å². The number of rotatable bonds is 4. The van der Waals surface area contributed by atoms with Gasteiger partial charge in [0.1, 0.15) is 6.73 Å². The maximum absolute atomic E-state index is 11.1. The Hall–Kier alpha value is -1.81. The van der Waals surface area contributed by atoms with Gasteiger partial charge in [-0.05, 0) is 19.1 Å². The van der Waals surface area contributed by atoms with Crippen molar-refractivity contribution >= 4 is 16.9 Å². The summed E-state index contributed by atoms with van der Waals surface area (Å²) in [5.74, 6) is -0.915. The molecule has 1 aromatic heterocycles. The van der Waals surface area contributed by atoms with Crippen molar-refractivity contribution in [3.05, 3.63) is 36.0 Å². The monoisotopic (exact) mass is 219 g/mol. The second kappa shape index (κ2) is 4.37. The van der Waals surface area contributed by atoms with E-state index in [9.17, 15) is 4.79 Å². The Morgan fingerprint density at radius 2 is 2.25 bits per heavy atom. The fourth-order valence-electron chi connectivity index (χ4n) is 1.73. The molecule has 1 heterocycles. The first kappa shape index (κ1) is 10.7. The Kier molecular flexibility index (Phi) is 2.92. The lowest BCUT2D eigenvalue weighted by Gasteiger charge is -2.07. The maximum Gasteiger partial charge on any atom is 0.337 e. The molecule has 2 rings (SSSR count). The molecule has 84 valence electrons. The predicted octanol–water partition coefficient (Wildman–Crippen LogP) is 2.33. The van der Waals surface area contributed by atoms with E-state index >= 15 is 0 Å². The van der Waals surface area contributed by atoms with Gasteiger partial charge in [0.05, 0.1) is 11.1 Å². The predicted molar refractivity (Wildman–Crippen MR) is 60.5 cm³/mol. The lowest BCUT2D eigenvalue weighted by atomic mass is 10.1. The third-order valence-electron chi connectivity index (χ3n) is 2.45. The number of benzene rings is 1. The number of aromatic nitrogens is 1. The van der Waals surface area contributed by atoms with Gasteiger partial charge in [-0.1, -0.05) is 12.1 Å². The van der Waals surface area contributed by atoms with Crippen LogP contribution in [-0.2, 0) is 11.5 Å². The molecule has 0 spiro atoms. The number of hydrogen-bond donors (Lipinski definition) is 1. The Balaban J connectivity index is 2.54. The summed E-state index contributed by atoms with van der Waals surface area (Å²) in [4.78, 5) is 11.1. The van der Waals surface area contributed by atoms with Gasteiger partial charge in [-0.3, -0.25) is 0 Å². The number of carbonyl (C=O) groups is 1. The molecule has 0 saturated heterocycles. The number of carboxylic acids is 1. The van der Waals surface area contributed by atoms with Gasteiger partial charge >= 0.3 is 5.97 Å². The molecule has 0 atom stereocenters. The van der Waals surface area contributed by atoms with E-state index < -0.39 is 5.97 Å². The van der Waals surface area contributed by atoms with Crippen LogP contribution in [0.5, 0.6) is 0 Å². The Labute approximate surface area is 93.1 Å². The minimum absolute atomic E-state index is 0.308. The topological polar surface area (TPSA) is 51.5 Å². The van der Waals surface area contributed by atoms with Gasteiger partial charge in [0.25, 0.3) is 0 Å². The highest BCUT2D eigenvalue weighted by Crippen LogP contribution is 2.20. The molecular weight excluding hydrogens is 206 g/mol. The van der Waals surface area contributed by atoms with Crippen molar-refractivity contribution in [1.29, 1.82) is 0 Å². The minimum atomic E-state index is -0.915. The first-order valence-corrected chi connectivity index (χ1v) is 5.13. The highest BCUT2D eigenvalue weighted by Gasteiger charge is 2.11. The van der Waals surface area contributed by atoms with Crippen molar-refractivity contribution in [2.75, 3.05) is 6.61 Å². The molecule has 0 radical (unpaired) electrons. The highest BCUT2D eigenvalue weighted by molar-refractivity contribution is 6.02. The summed E-state index contributed by atoms with van der Waals surface area (Å²) in [6, 6.07) is 7.13. The van der Waals surface area contributed by atoms with Crippen molar-refractivity contribution in [2.24, 2.45) is 0 Å². The van der Waals surface area contributed by atoms with Crippen molar-refractivity contribution in [1.82, 2.24) is 4.57 Å². The fourth-order valence-corrected chi connectivity index (χ4v) is 1.73. The number of carboxylic acid groups (broad SMARTS) is 1. The molecule has 0 amide bonds. The van der Waals surface area contributed by atoms with Crippen LogP contribution in [0.3, 0.4) is 0 Å². The second-order valence-electron chi connectivity index (χ2n) is 3.46. The zero-order chi connectivity index (χ0) is 11.5. The minimum Gasteiger partial charge on any atom is -0.478 e. The molecule has 0 fully saturated rings. The Bertz CT molecular complexity index is 516. The molecule has 4 heteroatoms. The summed E-state index contributed by atoms with van der Waals surface area (Å²) in [6.45, 7) is 2.89. The SMILES string of the molecule is CCOCn1ccc2cccc(C(=O)O)c21. The number of aromatic carboxylic acids is 1. The average Bonchev–Trinajstić information content (AvgIpc) is 2.69. The number of ether oxygens (including phenoxy) is 1. The van der Waals surface area contributed by atoms with Crippen molar-refractivity contribution in [3.8, 4) is 0 Å². The summed E-state index contributed by atoms with van der Waals surface area (Å²) >= 11 is 0. The molecule has 0 aliphatic carbocycles. The van der Waals surface area contributed by atoms with Crippen LogP contribution >= 0.6 is 0 Å². The summed E-state index contributed by atoms with van der Waals surface area (Å²) in [7, 11) is 0. The molecule has 1 N–H and O–H groups in total. The molecular formula is C12H13NO3. The Morgan fingerprint density at radius 3 is 2.94 bits per heavy atom. The van der Waals surface area contributed by atoms with Crippen molar-refractivity contribution in [3.63, 3.8) is 0 Å². The van der Waals surface area contributed by atoms with Crippen LogP contribution in [0.1, 0.15) is 17.3 Å². The number of hydrogen-bond acceptors (Lipinski definition) is 2. The largest absolute Gasteiger partial charge is 0.478 e. The molecule has 1 aromatic carbocycles. The van der Waals surface area contributed by atoms with E-state index in [1.54, 1.807) is 12.1 Å². The van der Waals surface area contributed by atoms with Crippen LogP contribution in [0.4, 0.5) is 0 Å². The van der Waals surface area contributed by atoms with E-state index in [-0.39, 0.29) is 0 Å². The first-order valence-electron chi connectivity index (χ1n) is 5.13. The smallest absolute Gasteiger partial charge is 0.337 e. The van der Waals surface area contributed by atoms with Gasteiger partial charge in [0.2, 0.25) is 0 Å². The summed E-state index contributed by atoms with van der Waals surface area (Å²) in [5.41, 5.74) is 1.02. The lowest BCUT2D eigenvalue weighted by molar-refractivity contribution is 0.0696. The second-order valence-corrected chi connectivity index (χ2v) is 3.46. The maximum atomic E-state index is 11.1. The zero-order valence-corrected chi connectivity index (χ0v) is 9.01. The van der Waals surface area contributed by atoms with Crippen molar-refractivity contribution in [2.45, 2.75) is 13.7 Å². The molecule has 0 aliphatic heterocycles. The van der Waals surface area contributed by atoms with E-state index in [2.05, 4.69) is 0 Å². The number of nitrogens with zero attached hydrogens (tertiary/aromatic N) is 1. The molecule has 0 saturated carbocycles. The summed E-state index contributed by atoms with van der Waals surface area (Å²) < 4.78 is 7.10. The van der Waals surface area contributed by atoms with E-state index in [1.807, 2.05) is 29.8 Å².